The summed E-state index contributed by atoms with van der Waals surface area (Å²) in [7, 11) is 1.59. The van der Waals surface area contributed by atoms with Crippen LogP contribution in [0, 0.1) is 12.8 Å². The third kappa shape index (κ3) is 5.90. The molecule has 2 aromatic rings. The number of hydrogen-bond acceptors (Lipinski definition) is 6. The summed E-state index contributed by atoms with van der Waals surface area (Å²) in [6.45, 7) is 13.5. The summed E-state index contributed by atoms with van der Waals surface area (Å²) >= 11 is 0. The van der Waals surface area contributed by atoms with Crippen LogP contribution in [0.25, 0.3) is 5.76 Å². The van der Waals surface area contributed by atoms with Gasteiger partial charge in [0.2, 0.25) is 0 Å². The van der Waals surface area contributed by atoms with Gasteiger partial charge in [-0.05, 0) is 67.4 Å². The highest BCUT2D eigenvalue weighted by Crippen LogP contribution is 2.40. The van der Waals surface area contributed by atoms with Gasteiger partial charge in [0.05, 0.1) is 25.3 Å². The van der Waals surface area contributed by atoms with Crippen molar-refractivity contribution in [3.8, 4) is 11.5 Å². The lowest BCUT2D eigenvalue weighted by Crippen LogP contribution is -2.38. The number of aliphatic hydroxyl groups excluding tert-OH is 1. The molecule has 7 nitrogen and oxygen atoms in total. The molecule has 1 unspecified atom stereocenters. The Morgan fingerprint density at radius 1 is 1.08 bits per heavy atom. The number of hydrogen-bond donors (Lipinski definition) is 1. The molecular weight excluding hydrogens is 456 g/mol. The first kappa shape index (κ1) is 27.3. The number of Topliss-reactive ketones (excluding diaryl/α,β-unsaturated/α-hetero) is 1. The molecule has 1 saturated heterocycles. The molecule has 1 atom stereocenters. The van der Waals surface area contributed by atoms with Crippen molar-refractivity contribution in [1.29, 1.82) is 0 Å². The van der Waals surface area contributed by atoms with E-state index in [1.54, 1.807) is 42.3 Å². The van der Waals surface area contributed by atoms with Gasteiger partial charge in [-0.25, -0.2) is 0 Å². The van der Waals surface area contributed by atoms with Gasteiger partial charge < -0.3 is 24.4 Å². The number of rotatable bonds is 11. The molecule has 3 rings (SSSR count). The Labute approximate surface area is 214 Å². The van der Waals surface area contributed by atoms with E-state index >= 15 is 0 Å². The second-order valence-electron chi connectivity index (χ2n) is 9.48. The number of aryl methyl sites for hydroxylation is 1. The van der Waals surface area contributed by atoms with Gasteiger partial charge in [0.15, 0.2) is 0 Å². The maximum Gasteiger partial charge on any atom is 0.295 e. The number of benzene rings is 2. The number of ether oxygens (including phenoxy) is 2. The van der Waals surface area contributed by atoms with E-state index in [1.807, 2.05) is 19.1 Å². The molecule has 0 aliphatic carbocycles. The third-order valence-electron chi connectivity index (χ3n) is 6.54. The number of aliphatic hydroxyl groups is 1. The second kappa shape index (κ2) is 12.1. The van der Waals surface area contributed by atoms with Crippen LogP contribution in [-0.2, 0) is 9.59 Å². The number of carbonyl (C=O) groups excluding carboxylic acids is 2. The summed E-state index contributed by atoms with van der Waals surface area (Å²) in [5.74, 6) is 0.328. The molecule has 0 spiro atoms. The van der Waals surface area contributed by atoms with E-state index in [9.17, 15) is 14.7 Å². The van der Waals surface area contributed by atoms with Crippen LogP contribution in [0.15, 0.2) is 48.0 Å². The molecule has 1 N–H and O–H groups in total. The van der Waals surface area contributed by atoms with Crippen molar-refractivity contribution in [3.63, 3.8) is 0 Å². The molecule has 1 aliphatic rings. The Kier molecular flexibility index (Phi) is 9.15. The summed E-state index contributed by atoms with van der Waals surface area (Å²) in [6, 6.07) is 11.9. The van der Waals surface area contributed by atoms with Crippen LogP contribution in [-0.4, -0.2) is 66.5 Å². The second-order valence-corrected chi connectivity index (χ2v) is 9.48. The Morgan fingerprint density at radius 3 is 2.31 bits per heavy atom. The van der Waals surface area contributed by atoms with Gasteiger partial charge in [-0.3, -0.25) is 9.59 Å². The fourth-order valence-electron chi connectivity index (χ4n) is 4.40. The summed E-state index contributed by atoms with van der Waals surface area (Å²) < 4.78 is 11.1. The monoisotopic (exact) mass is 494 g/mol. The molecule has 7 heteroatoms. The zero-order chi connectivity index (χ0) is 26.4. The molecule has 2 aromatic carbocycles. The number of methoxy groups -OCH3 is 1. The lowest BCUT2D eigenvalue weighted by Gasteiger charge is -2.28. The fraction of sp³-hybridized carbons (Fsp3) is 0.448. The Balaban J connectivity index is 2.05. The number of carbonyl (C=O) groups is 2. The van der Waals surface area contributed by atoms with E-state index in [2.05, 4.69) is 32.6 Å². The van der Waals surface area contributed by atoms with Crippen LogP contribution in [0.1, 0.15) is 50.4 Å². The van der Waals surface area contributed by atoms with Crippen LogP contribution in [0.4, 0.5) is 0 Å². The van der Waals surface area contributed by atoms with Crippen molar-refractivity contribution in [1.82, 2.24) is 9.80 Å². The van der Waals surface area contributed by atoms with Crippen molar-refractivity contribution < 1.29 is 24.2 Å². The predicted octanol–water partition coefficient (Wildman–Crippen LogP) is 4.80. The summed E-state index contributed by atoms with van der Waals surface area (Å²) in [4.78, 5) is 30.2. The summed E-state index contributed by atoms with van der Waals surface area (Å²) in [6.07, 6.45) is 0. The molecule has 1 amide bonds. The van der Waals surface area contributed by atoms with Crippen LogP contribution in [0.5, 0.6) is 11.5 Å². The molecule has 0 bridgehead atoms. The Morgan fingerprint density at radius 2 is 1.75 bits per heavy atom. The van der Waals surface area contributed by atoms with Gasteiger partial charge in [-0.15, -0.1) is 0 Å². The summed E-state index contributed by atoms with van der Waals surface area (Å²) in [5, 5.41) is 11.4. The van der Waals surface area contributed by atoms with Crippen molar-refractivity contribution in [2.75, 3.05) is 39.9 Å². The largest absolute Gasteiger partial charge is 0.507 e. The number of ketones is 1. The van der Waals surface area contributed by atoms with E-state index in [4.69, 9.17) is 9.47 Å². The standard InChI is InChI=1S/C29H38N2O5/c1-7-30(8-2)15-16-31-26(21-9-12-23(35-6)13-10-21)25(28(33)29(31)34)27(32)22-11-14-24(20(5)17-22)36-18-19(3)4/h9-14,17,19,26,32H,7-8,15-16,18H2,1-6H3/b27-25-. The Hall–Kier alpha value is -3.32. The van der Waals surface area contributed by atoms with Crippen LogP contribution >= 0.6 is 0 Å². The summed E-state index contributed by atoms with van der Waals surface area (Å²) in [5.41, 5.74) is 2.16. The average Bonchev–Trinajstić information content (AvgIpc) is 3.13. The maximum absolute atomic E-state index is 13.3. The van der Waals surface area contributed by atoms with Crippen molar-refractivity contribution in [2.24, 2.45) is 5.92 Å². The first-order chi connectivity index (χ1) is 17.2. The highest BCUT2D eigenvalue weighted by molar-refractivity contribution is 6.46. The SMILES string of the molecule is CCN(CC)CCN1C(=O)C(=O)/C(=C(\O)c2ccc(OCC(C)C)c(C)c2)C1c1ccc(OC)cc1. The van der Waals surface area contributed by atoms with Gasteiger partial charge in [-0.2, -0.15) is 0 Å². The molecular formula is C29H38N2O5. The van der Waals surface area contributed by atoms with Crippen molar-refractivity contribution >= 4 is 17.4 Å². The molecule has 1 fully saturated rings. The first-order valence-electron chi connectivity index (χ1n) is 12.6. The number of amides is 1. The normalized spacial score (nSPS) is 17.3. The van der Waals surface area contributed by atoms with Crippen LogP contribution in [0.3, 0.4) is 0 Å². The molecule has 0 aromatic heterocycles. The minimum absolute atomic E-state index is 0.0972. The smallest absolute Gasteiger partial charge is 0.295 e. The van der Waals surface area contributed by atoms with E-state index in [-0.39, 0.29) is 11.3 Å². The molecule has 1 aliphatic heterocycles. The van der Waals surface area contributed by atoms with Crippen LogP contribution in [0.2, 0.25) is 0 Å². The van der Waals surface area contributed by atoms with Gasteiger partial charge >= 0.3 is 0 Å². The van der Waals surface area contributed by atoms with Gasteiger partial charge in [-0.1, -0.05) is 39.8 Å². The minimum atomic E-state index is -0.691. The zero-order valence-corrected chi connectivity index (χ0v) is 22.2. The van der Waals surface area contributed by atoms with Crippen LogP contribution < -0.4 is 9.47 Å². The maximum atomic E-state index is 13.3. The van der Waals surface area contributed by atoms with E-state index in [0.29, 0.717) is 36.9 Å². The van der Waals surface area contributed by atoms with Gasteiger partial charge in [0.25, 0.3) is 11.7 Å². The van der Waals surface area contributed by atoms with E-state index in [1.165, 1.54) is 0 Å². The molecule has 194 valence electrons. The topological polar surface area (TPSA) is 79.3 Å². The third-order valence-corrected chi connectivity index (χ3v) is 6.54. The molecule has 1 heterocycles. The van der Waals surface area contributed by atoms with E-state index < -0.39 is 17.7 Å². The zero-order valence-electron chi connectivity index (χ0n) is 22.2. The number of nitrogens with zero attached hydrogens (tertiary/aromatic N) is 2. The highest BCUT2D eigenvalue weighted by Gasteiger charge is 2.46. The lowest BCUT2D eigenvalue weighted by molar-refractivity contribution is -0.140. The quantitative estimate of drug-likeness (QED) is 0.275. The van der Waals surface area contributed by atoms with Gasteiger partial charge in [0.1, 0.15) is 17.3 Å². The fourth-order valence-corrected chi connectivity index (χ4v) is 4.40. The molecule has 36 heavy (non-hydrogen) atoms. The predicted molar refractivity (Wildman–Crippen MR) is 141 cm³/mol. The van der Waals surface area contributed by atoms with Crippen molar-refractivity contribution in [2.45, 2.75) is 40.7 Å². The first-order valence-corrected chi connectivity index (χ1v) is 12.6. The average molecular weight is 495 g/mol. The highest BCUT2D eigenvalue weighted by atomic mass is 16.5. The minimum Gasteiger partial charge on any atom is -0.507 e. The van der Waals surface area contributed by atoms with Gasteiger partial charge in [0, 0.05) is 18.7 Å². The van der Waals surface area contributed by atoms with E-state index in [0.717, 1.165) is 30.0 Å². The molecule has 0 saturated carbocycles. The number of likely N-dealkylation sites (N-methyl/N-ethyl adjacent to an activating group) is 1. The lowest BCUT2D eigenvalue weighted by atomic mass is 9.94. The van der Waals surface area contributed by atoms with Crippen molar-refractivity contribution in [3.05, 3.63) is 64.7 Å². The number of likely N-dealkylation sites (tertiary alicyclic amines) is 1. The molecule has 0 radical (unpaired) electrons. The Bertz CT molecular complexity index is 1100.